The molecular formula is C10H13N3O4. The Morgan fingerprint density at radius 1 is 1.59 bits per heavy atom. The predicted molar refractivity (Wildman–Crippen MR) is 60.8 cm³/mol. The maximum absolute atomic E-state index is 10.8. The van der Waals surface area contributed by atoms with E-state index in [0.717, 1.165) is 6.20 Å². The number of carboxylic acids is 1. The summed E-state index contributed by atoms with van der Waals surface area (Å²) in [5.74, 6) is -1.61. The molecule has 0 radical (unpaired) electrons. The van der Waals surface area contributed by atoms with Crippen LogP contribution in [0.4, 0.5) is 11.4 Å². The van der Waals surface area contributed by atoms with Gasteiger partial charge in [-0.25, -0.2) is 0 Å². The van der Waals surface area contributed by atoms with Crippen LogP contribution in [-0.4, -0.2) is 27.0 Å². The van der Waals surface area contributed by atoms with Gasteiger partial charge in [-0.1, -0.05) is 0 Å². The van der Waals surface area contributed by atoms with Crippen molar-refractivity contribution in [1.82, 2.24) is 4.98 Å². The number of nitro groups is 1. The number of hydrogen-bond donors (Lipinski definition) is 2. The molecule has 0 saturated heterocycles. The van der Waals surface area contributed by atoms with Crippen molar-refractivity contribution in [2.24, 2.45) is 5.92 Å². The third-order valence-corrected chi connectivity index (χ3v) is 2.52. The van der Waals surface area contributed by atoms with Crippen molar-refractivity contribution in [3.63, 3.8) is 0 Å². The molecule has 7 heteroatoms. The summed E-state index contributed by atoms with van der Waals surface area (Å²) in [6.45, 7) is 3.19. The SMILES string of the molecule is CC(Nc1ccncc1[N+](=O)[O-])C(C)C(=O)O. The summed E-state index contributed by atoms with van der Waals surface area (Å²) >= 11 is 0. The summed E-state index contributed by atoms with van der Waals surface area (Å²) in [6.07, 6.45) is 2.54. The van der Waals surface area contributed by atoms with Gasteiger partial charge in [0, 0.05) is 12.2 Å². The number of nitrogens with zero attached hydrogens (tertiary/aromatic N) is 2. The van der Waals surface area contributed by atoms with Crippen LogP contribution >= 0.6 is 0 Å². The van der Waals surface area contributed by atoms with E-state index in [1.165, 1.54) is 19.2 Å². The molecule has 2 unspecified atom stereocenters. The Bertz CT molecular complexity index is 435. The van der Waals surface area contributed by atoms with E-state index >= 15 is 0 Å². The number of aromatic nitrogens is 1. The van der Waals surface area contributed by atoms with E-state index in [1.54, 1.807) is 6.92 Å². The maximum Gasteiger partial charge on any atom is 0.310 e. The smallest absolute Gasteiger partial charge is 0.310 e. The van der Waals surface area contributed by atoms with Crippen LogP contribution in [-0.2, 0) is 4.79 Å². The summed E-state index contributed by atoms with van der Waals surface area (Å²) in [7, 11) is 0. The average molecular weight is 239 g/mol. The van der Waals surface area contributed by atoms with Gasteiger partial charge >= 0.3 is 11.7 Å². The number of pyridine rings is 1. The lowest BCUT2D eigenvalue weighted by molar-refractivity contribution is -0.384. The highest BCUT2D eigenvalue weighted by atomic mass is 16.6. The minimum Gasteiger partial charge on any atom is -0.481 e. The number of carbonyl (C=O) groups is 1. The molecule has 17 heavy (non-hydrogen) atoms. The van der Waals surface area contributed by atoms with Gasteiger partial charge in [0.05, 0.1) is 10.8 Å². The molecule has 0 amide bonds. The Morgan fingerprint density at radius 2 is 2.24 bits per heavy atom. The fourth-order valence-corrected chi connectivity index (χ4v) is 1.24. The normalized spacial score (nSPS) is 13.8. The number of aliphatic carboxylic acids is 1. The standard InChI is InChI=1S/C10H13N3O4/c1-6(10(14)15)7(2)12-8-3-4-11-5-9(8)13(16)17/h3-7H,1-2H3,(H,11,12)(H,14,15). The van der Waals surface area contributed by atoms with E-state index < -0.39 is 22.9 Å². The number of carboxylic acid groups (broad SMARTS) is 1. The molecule has 2 N–H and O–H groups in total. The number of rotatable bonds is 5. The molecule has 1 rings (SSSR count). The van der Waals surface area contributed by atoms with Crippen molar-refractivity contribution >= 4 is 17.3 Å². The molecule has 1 heterocycles. The van der Waals surface area contributed by atoms with Crippen molar-refractivity contribution in [1.29, 1.82) is 0 Å². The van der Waals surface area contributed by atoms with E-state index in [0.29, 0.717) is 0 Å². The lowest BCUT2D eigenvalue weighted by atomic mass is 10.0. The predicted octanol–water partition coefficient (Wildman–Crippen LogP) is 1.51. The summed E-state index contributed by atoms with van der Waals surface area (Å²) in [5.41, 5.74) is 0.0996. The van der Waals surface area contributed by atoms with E-state index in [2.05, 4.69) is 10.3 Å². The number of hydrogen-bond acceptors (Lipinski definition) is 5. The molecule has 7 nitrogen and oxygen atoms in total. The van der Waals surface area contributed by atoms with Crippen molar-refractivity contribution in [3.05, 3.63) is 28.6 Å². The van der Waals surface area contributed by atoms with E-state index in [-0.39, 0.29) is 11.4 Å². The van der Waals surface area contributed by atoms with E-state index in [9.17, 15) is 14.9 Å². The molecule has 92 valence electrons. The Balaban J connectivity index is 2.88. The highest BCUT2D eigenvalue weighted by Crippen LogP contribution is 2.23. The highest BCUT2D eigenvalue weighted by molar-refractivity contribution is 5.71. The first kappa shape index (κ1) is 12.9. The summed E-state index contributed by atoms with van der Waals surface area (Å²) in [5, 5.41) is 22.3. The van der Waals surface area contributed by atoms with E-state index in [1.807, 2.05) is 0 Å². The van der Waals surface area contributed by atoms with Crippen molar-refractivity contribution < 1.29 is 14.8 Å². The van der Waals surface area contributed by atoms with E-state index in [4.69, 9.17) is 5.11 Å². The molecule has 0 spiro atoms. The maximum atomic E-state index is 10.8. The first-order chi connectivity index (χ1) is 7.93. The summed E-state index contributed by atoms with van der Waals surface area (Å²) < 4.78 is 0. The van der Waals surface area contributed by atoms with Gasteiger partial charge in [-0.2, -0.15) is 0 Å². The zero-order valence-corrected chi connectivity index (χ0v) is 9.45. The third kappa shape index (κ3) is 3.13. The van der Waals surface area contributed by atoms with Crippen molar-refractivity contribution in [2.45, 2.75) is 19.9 Å². The zero-order chi connectivity index (χ0) is 13.0. The largest absolute Gasteiger partial charge is 0.481 e. The summed E-state index contributed by atoms with van der Waals surface area (Å²) in [6, 6.07) is 1.03. The lowest BCUT2D eigenvalue weighted by Gasteiger charge is -2.18. The molecule has 1 aromatic heterocycles. The van der Waals surface area contributed by atoms with Crippen LogP contribution in [0.2, 0.25) is 0 Å². The van der Waals surface area contributed by atoms with Gasteiger partial charge in [-0.3, -0.25) is 19.9 Å². The van der Waals surface area contributed by atoms with Gasteiger partial charge < -0.3 is 10.4 Å². The molecule has 0 saturated carbocycles. The number of anilines is 1. The van der Waals surface area contributed by atoms with Gasteiger partial charge in [0.15, 0.2) is 0 Å². The zero-order valence-electron chi connectivity index (χ0n) is 9.45. The molecule has 0 aliphatic heterocycles. The van der Waals surface area contributed by atoms with Crippen LogP contribution < -0.4 is 5.32 Å². The molecule has 1 aromatic rings. The van der Waals surface area contributed by atoms with Crippen LogP contribution in [0.5, 0.6) is 0 Å². The molecule has 2 atom stereocenters. The Kier molecular flexibility index (Phi) is 3.97. The van der Waals surface area contributed by atoms with Crippen LogP contribution in [0.1, 0.15) is 13.8 Å². The molecule has 0 fully saturated rings. The van der Waals surface area contributed by atoms with Gasteiger partial charge in [0.2, 0.25) is 0 Å². The van der Waals surface area contributed by atoms with Crippen LogP contribution in [0, 0.1) is 16.0 Å². The first-order valence-electron chi connectivity index (χ1n) is 5.01. The molecule has 0 aromatic carbocycles. The van der Waals surface area contributed by atoms with Gasteiger partial charge in [-0.15, -0.1) is 0 Å². The Morgan fingerprint density at radius 3 is 2.76 bits per heavy atom. The monoisotopic (exact) mass is 239 g/mol. The van der Waals surface area contributed by atoms with Crippen molar-refractivity contribution in [2.75, 3.05) is 5.32 Å². The van der Waals surface area contributed by atoms with Gasteiger partial charge in [0.25, 0.3) is 0 Å². The van der Waals surface area contributed by atoms with Gasteiger partial charge in [-0.05, 0) is 19.9 Å². The molecule has 0 aliphatic carbocycles. The number of nitrogens with one attached hydrogen (secondary N) is 1. The second kappa shape index (κ2) is 5.24. The van der Waals surface area contributed by atoms with Gasteiger partial charge in [0.1, 0.15) is 11.9 Å². The van der Waals surface area contributed by atoms with Crippen LogP contribution in [0.15, 0.2) is 18.5 Å². The topological polar surface area (TPSA) is 105 Å². The summed E-state index contributed by atoms with van der Waals surface area (Å²) in [4.78, 5) is 24.6. The highest BCUT2D eigenvalue weighted by Gasteiger charge is 2.22. The fraction of sp³-hybridized carbons (Fsp3) is 0.400. The van der Waals surface area contributed by atoms with Crippen molar-refractivity contribution in [3.8, 4) is 0 Å². The second-order valence-electron chi connectivity index (χ2n) is 3.71. The minimum atomic E-state index is -0.957. The van der Waals surface area contributed by atoms with Crippen LogP contribution in [0.25, 0.3) is 0 Å². The molecule has 0 bridgehead atoms. The third-order valence-electron chi connectivity index (χ3n) is 2.52. The second-order valence-corrected chi connectivity index (χ2v) is 3.71. The lowest BCUT2D eigenvalue weighted by Crippen LogP contribution is -2.29. The van der Waals surface area contributed by atoms with Crippen LogP contribution in [0.3, 0.4) is 0 Å². The fourth-order valence-electron chi connectivity index (χ4n) is 1.24. The average Bonchev–Trinajstić information content (AvgIpc) is 2.28. The minimum absolute atomic E-state index is 0.170. The quantitative estimate of drug-likeness (QED) is 0.596. The molecule has 0 aliphatic rings. The molecular weight excluding hydrogens is 226 g/mol. The first-order valence-corrected chi connectivity index (χ1v) is 5.01. The Hall–Kier alpha value is -2.18. The Labute approximate surface area is 97.6 Å².